The number of sulfonamides is 1. The van der Waals surface area contributed by atoms with Crippen LogP contribution < -0.4 is 19.5 Å². The van der Waals surface area contributed by atoms with Crippen LogP contribution in [0.15, 0.2) is 77.7 Å². The summed E-state index contributed by atoms with van der Waals surface area (Å²) in [4.78, 5) is 13.2. The van der Waals surface area contributed by atoms with Gasteiger partial charge in [-0.15, -0.1) is 0 Å². The number of rotatable bonds is 11. The molecule has 34 heavy (non-hydrogen) atoms. The highest BCUT2D eigenvalue weighted by Crippen LogP contribution is 2.22. The lowest BCUT2D eigenvalue weighted by atomic mass is 10.1. The molecular formula is C26H30N2O5S. The molecule has 0 saturated carbocycles. The summed E-state index contributed by atoms with van der Waals surface area (Å²) in [5.41, 5.74) is 2.33. The van der Waals surface area contributed by atoms with E-state index < -0.39 is 22.0 Å². The highest BCUT2D eigenvalue weighted by Gasteiger charge is 2.26. The number of methoxy groups -OCH3 is 1. The topological polar surface area (TPSA) is 93.7 Å². The number of benzene rings is 3. The molecule has 0 saturated heterocycles. The second-order valence-electron chi connectivity index (χ2n) is 7.75. The maximum Gasteiger partial charge on any atom is 0.241 e. The van der Waals surface area contributed by atoms with Gasteiger partial charge in [-0.3, -0.25) is 4.79 Å². The van der Waals surface area contributed by atoms with Gasteiger partial charge in [0.15, 0.2) is 0 Å². The van der Waals surface area contributed by atoms with Crippen molar-refractivity contribution in [3.05, 3.63) is 89.5 Å². The van der Waals surface area contributed by atoms with Gasteiger partial charge < -0.3 is 14.8 Å². The zero-order valence-electron chi connectivity index (χ0n) is 19.6. The van der Waals surface area contributed by atoms with Gasteiger partial charge in [-0.2, -0.15) is 4.72 Å². The fourth-order valence-corrected chi connectivity index (χ4v) is 4.83. The second-order valence-corrected chi connectivity index (χ2v) is 9.47. The third-order valence-electron chi connectivity index (χ3n) is 5.30. The monoisotopic (exact) mass is 482 g/mol. The van der Waals surface area contributed by atoms with E-state index in [9.17, 15) is 13.2 Å². The summed E-state index contributed by atoms with van der Waals surface area (Å²) < 4.78 is 39.8. The average molecular weight is 483 g/mol. The van der Waals surface area contributed by atoms with E-state index in [1.54, 1.807) is 32.2 Å². The van der Waals surface area contributed by atoms with Crippen LogP contribution >= 0.6 is 0 Å². The lowest BCUT2D eigenvalue weighted by molar-refractivity contribution is -0.122. The maximum atomic E-state index is 13.2. The first-order valence-corrected chi connectivity index (χ1v) is 12.5. The zero-order valence-corrected chi connectivity index (χ0v) is 20.4. The standard InChI is InChI=1S/C26H30N2O5S/c1-4-33-24-15-14-22(16-19(24)2)34(30,31)28-23(17-20-10-6-5-7-11-20)26(29)27-18-21-12-8-9-13-25(21)32-3/h5-16,23,28H,4,17-18H2,1-3H3,(H,27,29). The first-order chi connectivity index (χ1) is 16.3. The predicted octanol–water partition coefficient (Wildman–Crippen LogP) is 3.61. The van der Waals surface area contributed by atoms with E-state index >= 15 is 0 Å². The summed E-state index contributed by atoms with van der Waals surface area (Å²) in [6.45, 7) is 4.34. The molecule has 1 atom stereocenters. The molecule has 3 rings (SSSR count). The molecule has 0 radical (unpaired) electrons. The van der Waals surface area contributed by atoms with Gasteiger partial charge in [-0.25, -0.2) is 8.42 Å². The molecule has 0 aliphatic rings. The van der Waals surface area contributed by atoms with Crippen LogP contribution in [0.5, 0.6) is 11.5 Å². The van der Waals surface area contributed by atoms with Gasteiger partial charge >= 0.3 is 0 Å². The molecule has 2 N–H and O–H groups in total. The van der Waals surface area contributed by atoms with E-state index in [4.69, 9.17) is 9.47 Å². The predicted molar refractivity (Wildman–Crippen MR) is 131 cm³/mol. The molecule has 0 aromatic heterocycles. The zero-order chi connectivity index (χ0) is 24.6. The number of ether oxygens (including phenoxy) is 2. The van der Waals surface area contributed by atoms with Crippen molar-refractivity contribution in [1.82, 2.24) is 10.0 Å². The van der Waals surface area contributed by atoms with Crippen LogP contribution in [0.3, 0.4) is 0 Å². The Balaban J connectivity index is 1.82. The van der Waals surface area contributed by atoms with Crippen LogP contribution in [-0.2, 0) is 27.8 Å². The SMILES string of the molecule is CCOc1ccc(S(=O)(=O)NC(Cc2ccccc2)C(=O)NCc2ccccc2OC)cc1C. The summed E-state index contributed by atoms with van der Waals surface area (Å²) in [5, 5.41) is 2.84. The van der Waals surface area contributed by atoms with Gasteiger partial charge in [0.2, 0.25) is 15.9 Å². The van der Waals surface area contributed by atoms with Gasteiger partial charge in [0.25, 0.3) is 0 Å². The number of carbonyl (C=O) groups is 1. The molecule has 0 spiro atoms. The Morgan fingerprint density at radius 2 is 1.68 bits per heavy atom. The van der Waals surface area contributed by atoms with E-state index in [2.05, 4.69) is 10.0 Å². The smallest absolute Gasteiger partial charge is 0.241 e. The molecule has 0 bridgehead atoms. The highest BCUT2D eigenvalue weighted by molar-refractivity contribution is 7.89. The molecule has 8 heteroatoms. The molecule has 7 nitrogen and oxygen atoms in total. The fourth-order valence-electron chi connectivity index (χ4n) is 3.55. The molecule has 3 aromatic rings. The lowest BCUT2D eigenvalue weighted by Gasteiger charge is -2.20. The number of amides is 1. The number of hydrogen-bond acceptors (Lipinski definition) is 5. The molecule has 0 fully saturated rings. The number of para-hydroxylation sites is 1. The van der Waals surface area contributed by atoms with E-state index in [-0.39, 0.29) is 17.9 Å². The summed E-state index contributed by atoms with van der Waals surface area (Å²) >= 11 is 0. The van der Waals surface area contributed by atoms with Crippen LogP contribution in [0.4, 0.5) is 0 Å². The number of carbonyl (C=O) groups excluding carboxylic acids is 1. The van der Waals surface area contributed by atoms with E-state index in [1.807, 2.05) is 55.5 Å². The van der Waals surface area contributed by atoms with Crippen LogP contribution in [0.1, 0.15) is 23.6 Å². The van der Waals surface area contributed by atoms with Crippen molar-refractivity contribution in [1.29, 1.82) is 0 Å². The highest BCUT2D eigenvalue weighted by atomic mass is 32.2. The van der Waals surface area contributed by atoms with Crippen molar-refractivity contribution >= 4 is 15.9 Å². The quantitative estimate of drug-likeness (QED) is 0.436. The van der Waals surface area contributed by atoms with Crippen LogP contribution in [-0.4, -0.2) is 34.1 Å². The fraction of sp³-hybridized carbons (Fsp3) is 0.269. The summed E-state index contributed by atoms with van der Waals surface area (Å²) in [6.07, 6.45) is 0.202. The Morgan fingerprint density at radius 1 is 0.971 bits per heavy atom. The Morgan fingerprint density at radius 3 is 2.35 bits per heavy atom. The van der Waals surface area contributed by atoms with Crippen molar-refractivity contribution in [2.24, 2.45) is 0 Å². The molecule has 0 aliphatic carbocycles. The molecule has 0 heterocycles. The molecule has 1 unspecified atom stereocenters. The summed E-state index contributed by atoms with van der Waals surface area (Å²) in [6, 6.07) is 20.3. The minimum Gasteiger partial charge on any atom is -0.496 e. The van der Waals surface area contributed by atoms with Crippen LogP contribution in [0.25, 0.3) is 0 Å². The largest absolute Gasteiger partial charge is 0.496 e. The Hall–Kier alpha value is -3.36. The number of nitrogens with one attached hydrogen (secondary N) is 2. The summed E-state index contributed by atoms with van der Waals surface area (Å²) in [7, 11) is -2.40. The van der Waals surface area contributed by atoms with Crippen molar-refractivity contribution in [3.63, 3.8) is 0 Å². The molecule has 0 aliphatic heterocycles. The minimum atomic E-state index is -3.97. The van der Waals surface area contributed by atoms with Gasteiger partial charge in [-0.1, -0.05) is 48.5 Å². The molecule has 180 valence electrons. The van der Waals surface area contributed by atoms with Gasteiger partial charge in [0.05, 0.1) is 18.6 Å². The maximum absolute atomic E-state index is 13.2. The van der Waals surface area contributed by atoms with Gasteiger partial charge in [0.1, 0.15) is 17.5 Å². The normalized spacial score (nSPS) is 12.1. The molecule has 3 aromatic carbocycles. The number of aryl methyl sites for hydroxylation is 1. The minimum absolute atomic E-state index is 0.0732. The summed E-state index contributed by atoms with van der Waals surface area (Å²) in [5.74, 6) is 0.839. The third kappa shape index (κ3) is 6.59. The first kappa shape index (κ1) is 25.3. The second kappa shape index (κ2) is 11.7. The van der Waals surface area contributed by atoms with E-state index in [0.717, 1.165) is 11.1 Å². The lowest BCUT2D eigenvalue weighted by Crippen LogP contribution is -2.47. The van der Waals surface area contributed by atoms with E-state index in [1.165, 1.54) is 6.07 Å². The van der Waals surface area contributed by atoms with Crippen LogP contribution in [0.2, 0.25) is 0 Å². The molecular weight excluding hydrogens is 452 g/mol. The first-order valence-electron chi connectivity index (χ1n) is 11.0. The Kier molecular flexibility index (Phi) is 8.67. The van der Waals surface area contributed by atoms with Gasteiger partial charge in [-0.05, 0) is 55.7 Å². The van der Waals surface area contributed by atoms with E-state index in [0.29, 0.717) is 23.7 Å². The Labute approximate surface area is 201 Å². The average Bonchev–Trinajstić information content (AvgIpc) is 2.84. The van der Waals surface area contributed by atoms with Crippen LogP contribution in [0, 0.1) is 6.92 Å². The van der Waals surface area contributed by atoms with Gasteiger partial charge in [0, 0.05) is 12.1 Å². The Bertz CT molecular complexity index is 1210. The van der Waals surface area contributed by atoms with Crippen molar-refractivity contribution in [3.8, 4) is 11.5 Å². The number of hydrogen-bond donors (Lipinski definition) is 2. The van der Waals surface area contributed by atoms with Crippen molar-refractivity contribution in [2.75, 3.05) is 13.7 Å². The van der Waals surface area contributed by atoms with Crippen molar-refractivity contribution < 1.29 is 22.7 Å². The third-order valence-corrected chi connectivity index (χ3v) is 6.77. The van der Waals surface area contributed by atoms with Crippen molar-refractivity contribution in [2.45, 2.75) is 37.8 Å². The molecule has 1 amide bonds.